The van der Waals surface area contributed by atoms with Gasteiger partial charge in [-0.05, 0) is 44.0 Å². The van der Waals surface area contributed by atoms with Gasteiger partial charge in [0.05, 0.1) is 12.1 Å². The first-order chi connectivity index (χ1) is 11.6. The highest BCUT2D eigenvalue weighted by atomic mass is 16.5. The molecule has 1 aliphatic rings. The van der Waals surface area contributed by atoms with Gasteiger partial charge >= 0.3 is 0 Å². The summed E-state index contributed by atoms with van der Waals surface area (Å²) in [6.45, 7) is 2.55. The van der Waals surface area contributed by atoms with Gasteiger partial charge in [-0.15, -0.1) is 0 Å². The molecule has 0 aliphatic heterocycles. The normalized spacial score (nSPS) is 15.8. The minimum atomic E-state index is -0.421. The van der Waals surface area contributed by atoms with Crippen molar-refractivity contribution in [2.45, 2.75) is 25.3 Å². The van der Waals surface area contributed by atoms with Crippen LogP contribution in [0.25, 0.3) is 10.9 Å². The maximum Gasteiger partial charge on any atom is 0.268 e. The first kappa shape index (κ1) is 16.1. The molecule has 126 valence electrons. The molecule has 0 saturated heterocycles. The Morgan fingerprint density at radius 3 is 2.83 bits per heavy atom. The molecule has 1 saturated carbocycles. The van der Waals surface area contributed by atoms with Crippen LogP contribution in [0.5, 0.6) is 5.75 Å². The molecule has 1 fully saturated rings. The minimum absolute atomic E-state index is 0.162. The number of hydrogen-bond acceptors (Lipinski definition) is 4. The summed E-state index contributed by atoms with van der Waals surface area (Å²) in [6.07, 6.45) is 4.75. The molecule has 1 aliphatic carbocycles. The number of H-pyrrole nitrogens is 1. The quantitative estimate of drug-likeness (QED) is 0.590. The van der Waals surface area contributed by atoms with Crippen LogP contribution in [-0.2, 0) is 0 Å². The van der Waals surface area contributed by atoms with Gasteiger partial charge in [0, 0.05) is 35.9 Å². The van der Waals surface area contributed by atoms with E-state index in [2.05, 4.69) is 15.6 Å². The van der Waals surface area contributed by atoms with Crippen molar-refractivity contribution in [3.8, 4) is 5.75 Å². The number of rotatable bonds is 7. The fourth-order valence-corrected chi connectivity index (χ4v) is 2.86. The van der Waals surface area contributed by atoms with Gasteiger partial charge in [0.25, 0.3) is 5.91 Å². The van der Waals surface area contributed by atoms with E-state index in [1.165, 1.54) is 6.21 Å². The van der Waals surface area contributed by atoms with Crippen molar-refractivity contribution >= 4 is 23.0 Å². The SMILES string of the molecule is CCOc1ccc2[nH]c(C(=O)NC3(/C(C=N)=C/NC)CC3)cc2c1. The van der Waals surface area contributed by atoms with Crippen LogP contribution in [0.1, 0.15) is 30.3 Å². The number of amides is 1. The van der Waals surface area contributed by atoms with Gasteiger partial charge in [0.15, 0.2) is 0 Å². The third-order valence-electron chi connectivity index (χ3n) is 4.26. The molecule has 6 heteroatoms. The van der Waals surface area contributed by atoms with E-state index in [0.29, 0.717) is 12.3 Å². The van der Waals surface area contributed by atoms with Crippen molar-refractivity contribution < 1.29 is 9.53 Å². The van der Waals surface area contributed by atoms with Crippen LogP contribution < -0.4 is 15.4 Å². The number of nitrogens with one attached hydrogen (secondary N) is 4. The summed E-state index contributed by atoms with van der Waals surface area (Å²) in [5.74, 6) is 0.628. The van der Waals surface area contributed by atoms with Crippen molar-refractivity contribution in [1.29, 1.82) is 5.41 Å². The molecular formula is C18H22N4O2. The minimum Gasteiger partial charge on any atom is -0.494 e. The lowest BCUT2D eigenvalue weighted by molar-refractivity contribution is 0.0935. The summed E-state index contributed by atoms with van der Waals surface area (Å²) in [5.41, 5.74) is 1.77. The Morgan fingerprint density at radius 2 is 2.21 bits per heavy atom. The largest absolute Gasteiger partial charge is 0.494 e. The molecule has 1 heterocycles. The second-order valence-electron chi connectivity index (χ2n) is 5.93. The predicted molar refractivity (Wildman–Crippen MR) is 94.8 cm³/mol. The second kappa shape index (κ2) is 6.39. The molecule has 1 aromatic carbocycles. The zero-order valence-electron chi connectivity index (χ0n) is 13.9. The number of aromatic nitrogens is 1. The number of fused-ring (bicyclic) bond motifs is 1. The number of hydrogen-bond donors (Lipinski definition) is 4. The van der Waals surface area contributed by atoms with E-state index in [1.54, 1.807) is 13.2 Å². The molecule has 1 amide bonds. The highest BCUT2D eigenvalue weighted by Gasteiger charge is 2.47. The number of ether oxygens (including phenoxy) is 1. The Kier molecular flexibility index (Phi) is 4.29. The Morgan fingerprint density at radius 1 is 1.42 bits per heavy atom. The number of aromatic amines is 1. The summed E-state index contributed by atoms with van der Waals surface area (Å²) in [7, 11) is 1.79. The third kappa shape index (κ3) is 2.99. The second-order valence-corrected chi connectivity index (χ2v) is 5.93. The molecule has 0 radical (unpaired) electrons. The van der Waals surface area contributed by atoms with Crippen molar-refractivity contribution in [3.05, 3.63) is 41.7 Å². The Balaban J connectivity index is 1.81. The molecule has 1 aromatic heterocycles. The van der Waals surface area contributed by atoms with Crippen molar-refractivity contribution in [1.82, 2.24) is 15.6 Å². The summed E-state index contributed by atoms with van der Waals surface area (Å²) >= 11 is 0. The Hall–Kier alpha value is -2.76. The lowest BCUT2D eigenvalue weighted by Crippen LogP contribution is -2.39. The Labute approximate surface area is 140 Å². The van der Waals surface area contributed by atoms with Gasteiger partial charge in [0.1, 0.15) is 11.4 Å². The highest BCUT2D eigenvalue weighted by Crippen LogP contribution is 2.41. The van der Waals surface area contributed by atoms with Crippen LogP contribution in [0.2, 0.25) is 0 Å². The Bertz CT molecular complexity index is 802. The van der Waals surface area contributed by atoms with Gasteiger partial charge in [-0.3, -0.25) is 4.79 Å². The zero-order valence-corrected chi connectivity index (χ0v) is 13.9. The first-order valence-electron chi connectivity index (χ1n) is 8.08. The number of benzene rings is 1. The summed E-state index contributed by atoms with van der Waals surface area (Å²) in [6, 6.07) is 7.54. The summed E-state index contributed by atoms with van der Waals surface area (Å²) < 4.78 is 5.49. The standard InChI is InChI=1S/C18H22N4O2/c1-3-24-14-4-5-15-12(8-14)9-16(21-15)17(23)22-18(6-7-18)13(10-19)11-20-2/h4-5,8-11,19-21H,3,6-7H2,1-2H3,(H,22,23)/b13-11+,19-10?. The molecule has 4 N–H and O–H groups in total. The predicted octanol–water partition coefficient (Wildman–Crippen LogP) is 2.58. The van der Waals surface area contributed by atoms with E-state index >= 15 is 0 Å². The molecule has 0 bridgehead atoms. The molecule has 6 nitrogen and oxygen atoms in total. The molecule has 0 unspecified atom stereocenters. The van der Waals surface area contributed by atoms with Gasteiger partial charge in [-0.25, -0.2) is 0 Å². The van der Waals surface area contributed by atoms with Crippen LogP contribution >= 0.6 is 0 Å². The van der Waals surface area contributed by atoms with Gasteiger partial charge < -0.3 is 25.8 Å². The number of carbonyl (C=O) groups excluding carboxylic acids is 1. The first-order valence-corrected chi connectivity index (χ1v) is 8.08. The number of carbonyl (C=O) groups is 1. The fourth-order valence-electron chi connectivity index (χ4n) is 2.86. The molecular weight excluding hydrogens is 304 g/mol. The van der Waals surface area contributed by atoms with Gasteiger partial charge in [-0.1, -0.05) is 0 Å². The fraction of sp³-hybridized carbons (Fsp3) is 0.333. The summed E-state index contributed by atoms with van der Waals surface area (Å²) in [4.78, 5) is 15.8. The van der Waals surface area contributed by atoms with Crippen LogP contribution in [0.3, 0.4) is 0 Å². The smallest absolute Gasteiger partial charge is 0.268 e. The lowest BCUT2D eigenvalue weighted by Gasteiger charge is -2.17. The third-order valence-corrected chi connectivity index (χ3v) is 4.26. The molecule has 0 atom stereocenters. The van der Waals surface area contributed by atoms with Crippen molar-refractivity contribution in [2.24, 2.45) is 0 Å². The topological polar surface area (TPSA) is 90.0 Å². The van der Waals surface area contributed by atoms with E-state index in [4.69, 9.17) is 10.1 Å². The molecule has 0 spiro atoms. The molecule has 2 aromatic rings. The van der Waals surface area contributed by atoms with Crippen LogP contribution in [0.4, 0.5) is 0 Å². The van der Waals surface area contributed by atoms with E-state index < -0.39 is 5.54 Å². The van der Waals surface area contributed by atoms with E-state index in [0.717, 1.165) is 35.1 Å². The maximum atomic E-state index is 12.6. The van der Waals surface area contributed by atoms with Crippen molar-refractivity contribution in [3.63, 3.8) is 0 Å². The van der Waals surface area contributed by atoms with Crippen molar-refractivity contribution in [2.75, 3.05) is 13.7 Å². The molecule has 3 rings (SSSR count). The van der Waals surface area contributed by atoms with Gasteiger partial charge in [-0.2, -0.15) is 0 Å². The van der Waals surface area contributed by atoms with E-state index in [-0.39, 0.29) is 5.91 Å². The zero-order chi connectivity index (χ0) is 17.2. The van der Waals surface area contributed by atoms with Crippen LogP contribution in [0.15, 0.2) is 36.0 Å². The average Bonchev–Trinajstić information content (AvgIpc) is 3.21. The monoisotopic (exact) mass is 326 g/mol. The average molecular weight is 326 g/mol. The lowest BCUT2D eigenvalue weighted by atomic mass is 10.1. The van der Waals surface area contributed by atoms with Gasteiger partial charge in [0.2, 0.25) is 0 Å². The molecule has 24 heavy (non-hydrogen) atoms. The van der Waals surface area contributed by atoms with Crippen LogP contribution in [0, 0.1) is 5.41 Å². The van der Waals surface area contributed by atoms with Crippen LogP contribution in [-0.4, -0.2) is 36.3 Å². The maximum absolute atomic E-state index is 12.6. The highest BCUT2D eigenvalue weighted by molar-refractivity contribution is 5.99. The van der Waals surface area contributed by atoms with E-state index in [9.17, 15) is 4.79 Å². The van der Waals surface area contributed by atoms with E-state index in [1.807, 2.05) is 31.2 Å². The summed E-state index contributed by atoms with van der Waals surface area (Å²) in [5, 5.41) is 14.5.